The lowest BCUT2D eigenvalue weighted by molar-refractivity contribution is 0.132. The summed E-state index contributed by atoms with van der Waals surface area (Å²) in [6.07, 6.45) is 4.44. The van der Waals surface area contributed by atoms with Crippen LogP contribution in [0.15, 0.2) is 12.5 Å². The number of hydrogen-bond donors (Lipinski definition) is 2. The van der Waals surface area contributed by atoms with Gasteiger partial charge in [0, 0.05) is 30.9 Å². The van der Waals surface area contributed by atoms with Crippen LogP contribution in [0.25, 0.3) is 0 Å². The molecule has 1 fully saturated rings. The minimum absolute atomic E-state index is 0.438. The first-order chi connectivity index (χ1) is 6.77. The number of nitrogens with one attached hydrogen (secondary N) is 1. The molecule has 0 aliphatic carbocycles. The third kappa shape index (κ3) is 1.71. The minimum atomic E-state index is -0.812. The predicted molar refractivity (Wildman–Crippen MR) is 50.2 cm³/mol. The summed E-state index contributed by atoms with van der Waals surface area (Å²) < 4.78 is 0. The van der Waals surface area contributed by atoms with Crippen LogP contribution < -0.4 is 0 Å². The number of nitrogens with zero attached hydrogens (tertiary/aromatic N) is 2. The van der Waals surface area contributed by atoms with E-state index in [4.69, 9.17) is 5.11 Å². The molecule has 0 saturated carbocycles. The number of aromatic amines is 1. The van der Waals surface area contributed by atoms with Crippen LogP contribution >= 0.6 is 0 Å². The molecule has 0 bridgehead atoms. The van der Waals surface area contributed by atoms with Crippen LogP contribution in [0.2, 0.25) is 0 Å². The molecule has 2 N–H and O–H groups in total. The van der Waals surface area contributed by atoms with Gasteiger partial charge in [0.15, 0.2) is 0 Å². The van der Waals surface area contributed by atoms with Crippen molar-refractivity contribution in [2.24, 2.45) is 0 Å². The molecule has 1 aromatic rings. The first kappa shape index (κ1) is 9.05. The van der Waals surface area contributed by atoms with E-state index in [2.05, 4.69) is 9.97 Å². The molecule has 0 radical (unpaired) electrons. The second kappa shape index (κ2) is 3.69. The highest BCUT2D eigenvalue weighted by molar-refractivity contribution is 5.65. The molecule has 0 unspecified atom stereocenters. The Morgan fingerprint density at radius 1 is 1.57 bits per heavy atom. The van der Waals surface area contributed by atoms with E-state index in [0.29, 0.717) is 19.0 Å². The van der Waals surface area contributed by atoms with Gasteiger partial charge in [-0.05, 0) is 12.8 Å². The number of amides is 1. The van der Waals surface area contributed by atoms with Gasteiger partial charge in [0.25, 0.3) is 0 Å². The highest BCUT2D eigenvalue weighted by Crippen LogP contribution is 2.25. The molecule has 1 saturated heterocycles. The van der Waals surface area contributed by atoms with E-state index in [1.54, 1.807) is 6.33 Å². The van der Waals surface area contributed by atoms with Crippen molar-refractivity contribution in [2.45, 2.75) is 18.8 Å². The second-order valence-corrected chi connectivity index (χ2v) is 3.55. The van der Waals surface area contributed by atoms with Gasteiger partial charge in [0.1, 0.15) is 0 Å². The number of piperidine rings is 1. The van der Waals surface area contributed by atoms with E-state index in [9.17, 15) is 4.79 Å². The van der Waals surface area contributed by atoms with Gasteiger partial charge in [-0.2, -0.15) is 0 Å². The van der Waals surface area contributed by atoms with Crippen LogP contribution in [0.4, 0.5) is 4.79 Å². The molecular weight excluding hydrogens is 182 g/mol. The third-order valence-corrected chi connectivity index (χ3v) is 2.72. The standard InChI is InChI=1S/C9H13N3O2/c13-9(14)12-3-1-7(2-4-12)8-5-10-6-11-8/h5-7H,1-4H2,(H,10,11)(H,13,14). The summed E-state index contributed by atoms with van der Waals surface area (Å²) >= 11 is 0. The Kier molecular flexibility index (Phi) is 2.39. The zero-order chi connectivity index (χ0) is 9.97. The van der Waals surface area contributed by atoms with E-state index in [1.165, 1.54) is 4.90 Å². The molecule has 1 amide bonds. The van der Waals surface area contributed by atoms with Gasteiger partial charge in [-0.25, -0.2) is 9.78 Å². The maximum atomic E-state index is 10.7. The smallest absolute Gasteiger partial charge is 0.407 e. The van der Waals surface area contributed by atoms with Crippen molar-refractivity contribution in [3.8, 4) is 0 Å². The number of carboxylic acid groups (broad SMARTS) is 1. The fourth-order valence-electron chi connectivity index (χ4n) is 1.87. The lowest BCUT2D eigenvalue weighted by Crippen LogP contribution is -2.36. The summed E-state index contributed by atoms with van der Waals surface area (Å²) in [4.78, 5) is 19.2. The summed E-state index contributed by atoms with van der Waals surface area (Å²) in [5, 5.41) is 8.76. The van der Waals surface area contributed by atoms with Gasteiger partial charge in [-0.15, -0.1) is 0 Å². The summed E-state index contributed by atoms with van der Waals surface area (Å²) in [5.74, 6) is 0.438. The summed E-state index contributed by atoms with van der Waals surface area (Å²) in [6, 6.07) is 0. The Bertz CT molecular complexity index is 302. The molecule has 5 nitrogen and oxygen atoms in total. The molecule has 0 spiro atoms. The van der Waals surface area contributed by atoms with Gasteiger partial charge in [-0.1, -0.05) is 0 Å². The van der Waals surface area contributed by atoms with Crippen molar-refractivity contribution >= 4 is 6.09 Å². The Hall–Kier alpha value is -1.52. The minimum Gasteiger partial charge on any atom is -0.465 e. The fourth-order valence-corrected chi connectivity index (χ4v) is 1.87. The van der Waals surface area contributed by atoms with E-state index in [1.807, 2.05) is 6.20 Å². The number of hydrogen-bond acceptors (Lipinski definition) is 2. The number of rotatable bonds is 1. The number of imidazole rings is 1. The lowest BCUT2D eigenvalue weighted by Gasteiger charge is -2.29. The number of H-pyrrole nitrogens is 1. The SMILES string of the molecule is O=C(O)N1CCC(c2cnc[nH]2)CC1. The average Bonchev–Trinajstić information content (AvgIpc) is 2.71. The van der Waals surface area contributed by atoms with Crippen molar-refractivity contribution < 1.29 is 9.90 Å². The monoisotopic (exact) mass is 195 g/mol. The number of aromatic nitrogens is 2. The molecule has 0 atom stereocenters. The molecule has 14 heavy (non-hydrogen) atoms. The van der Waals surface area contributed by atoms with Gasteiger partial charge < -0.3 is 15.0 Å². The van der Waals surface area contributed by atoms with Crippen LogP contribution in [-0.2, 0) is 0 Å². The van der Waals surface area contributed by atoms with Crippen molar-refractivity contribution in [3.05, 3.63) is 18.2 Å². The maximum Gasteiger partial charge on any atom is 0.407 e. The van der Waals surface area contributed by atoms with E-state index in [0.717, 1.165) is 18.5 Å². The van der Waals surface area contributed by atoms with Crippen molar-refractivity contribution in [2.75, 3.05) is 13.1 Å². The van der Waals surface area contributed by atoms with Crippen molar-refractivity contribution in [1.29, 1.82) is 0 Å². The lowest BCUT2D eigenvalue weighted by atomic mass is 9.94. The molecule has 0 aromatic carbocycles. The highest BCUT2D eigenvalue weighted by atomic mass is 16.4. The van der Waals surface area contributed by atoms with Gasteiger partial charge in [-0.3, -0.25) is 0 Å². The molecule has 1 aromatic heterocycles. The molecule has 1 aliphatic heterocycles. The van der Waals surface area contributed by atoms with Crippen LogP contribution in [-0.4, -0.2) is 39.2 Å². The van der Waals surface area contributed by atoms with Crippen LogP contribution in [0.3, 0.4) is 0 Å². The number of carbonyl (C=O) groups is 1. The van der Waals surface area contributed by atoms with E-state index in [-0.39, 0.29) is 0 Å². The van der Waals surface area contributed by atoms with Crippen LogP contribution in [0.1, 0.15) is 24.5 Å². The van der Waals surface area contributed by atoms with Crippen LogP contribution in [0, 0.1) is 0 Å². The van der Waals surface area contributed by atoms with E-state index >= 15 is 0 Å². The summed E-state index contributed by atoms with van der Waals surface area (Å²) in [6.45, 7) is 1.25. The van der Waals surface area contributed by atoms with E-state index < -0.39 is 6.09 Å². The van der Waals surface area contributed by atoms with Gasteiger partial charge >= 0.3 is 6.09 Å². The number of likely N-dealkylation sites (tertiary alicyclic amines) is 1. The van der Waals surface area contributed by atoms with Crippen LogP contribution in [0.5, 0.6) is 0 Å². The zero-order valence-corrected chi connectivity index (χ0v) is 7.81. The molecule has 76 valence electrons. The Labute approximate surface area is 81.8 Å². The topological polar surface area (TPSA) is 69.2 Å². The Morgan fingerprint density at radius 3 is 2.79 bits per heavy atom. The maximum absolute atomic E-state index is 10.7. The van der Waals surface area contributed by atoms with Gasteiger partial charge in [0.2, 0.25) is 0 Å². The second-order valence-electron chi connectivity index (χ2n) is 3.55. The molecule has 5 heteroatoms. The largest absolute Gasteiger partial charge is 0.465 e. The summed E-state index contributed by atoms with van der Waals surface area (Å²) in [5.41, 5.74) is 1.12. The quantitative estimate of drug-likeness (QED) is 0.708. The molecule has 2 heterocycles. The molecular formula is C9H13N3O2. The predicted octanol–water partition coefficient (Wildman–Crippen LogP) is 1.27. The molecule has 1 aliphatic rings. The first-order valence-corrected chi connectivity index (χ1v) is 4.73. The normalized spacial score (nSPS) is 18.4. The average molecular weight is 195 g/mol. The zero-order valence-electron chi connectivity index (χ0n) is 7.81. The fraction of sp³-hybridized carbons (Fsp3) is 0.556. The first-order valence-electron chi connectivity index (χ1n) is 4.73. The Morgan fingerprint density at radius 2 is 2.29 bits per heavy atom. The summed E-state index contributed by atoms with van der Waals surface area (Å²) in [7, 11) is 0. The molecule has 2 rings (SSSR count). The Balaban J connectivity index is 1.93. The van der Waals surface area contributed by atoms with Crippen molar-refractivity contribution in [1.82, 2.24) is 14.9 Å². The van der Waals surface area contributed by atoms with Crippen molar-refractivity contribution in [3.63, 3.8) is 0 Å². The van der Waals surface area contributed by atoms with Gasteiger partial charge in [0.05, 0.1) is 6.33 Å². The highest BCUT2D eigenvalue weighted by Gasteiger charge is 2.23. The third-order valence-electron chi connectivity index (χ3n) is 2.72.